The number of H-pyrrole nitrogens is 1. The SMILES string of the molecule is CCc1ccc2[nH]c(=O)c([C@@H]3C(C#N)=C(N)Oc4ccc5ccccc5c43)cc2c1. The van der Waals surface area contributed by atoms with Crippen LogP contribution in [-0.2, 0) is 6.42 Å². The molecule has 0 saturated carbocycles. The lowest BCUT2D eigenvalue weighted by Gasteiger charge is -2.27. The van der Waals surface area contributed by atoms with Crippen LogP contribution in [0.3, 0.4) is 0 Å². The number of pyridine rings is 1. The van der Waals surface area contributed by atoms with E-state index in [-0.39, 0.29) is 17.0 Å². The van der Waals surface area contributed by atoms with E-state index in [0.29, 0.717) is 11.3 Å². The van der Waals surface area contributed by atoms with Gasteiger partial charge in [-0.1, -0.05) is 43.3 Å². The third-order valence-corrected chi connectivity index (χ3v) is 5.77. The van der Waals surface area contributed by atoms with Gasteiger partial charge in [-0.3, -0.25) is 4.79 Å². The summed E-state index contributed by atoms with van der Waals surface area (Å²) in [7, 11) is 0. The Labute approximate surface area is 173 Å². The molecule has 5 rings (SSSR count). The van der Waals surface area contributed by atoms with E-state index in [1.54, 1.807) is 0 Å². The molecule has 146 valence electrons. The molecular formula is C25H19N3O2. The van der Waals surface area contributed by atoms with E-state index in [9.17, 15) is 10.1 Å². The summed E-state index contributed by atoms with van der Waals surface area (Å²) in [6.07, 6.45) is 0.894. The summed E-state index contributed by atoms with van der Waals surface area (Å²) in [6.45, 7) is 2.09. The number of aryl methyl sites for hydroxylation is 1. The van der Waals surface area contributed by atoms with Crippen LogP contribution in [0.15, 0.2) is 76.9 Å². The van der Waals surface area contributed by atoms with Gasteiger partial charge in [-0.05, 0) is 52.4 Å². The number of benzene rings is 3. The van der Waals surface area contributed by atoms with Crippen LogP contribution in [-0.4, -0.2) is 4.98 Å². The maximum atomic E-state index is 13.1. The van der Waals surface area contributed by atoms with Crippen molar-refractivity contribution in [2.75, 3.05) is 0 Å². The number of nitrogens with one attached hydrogen (secondary N) is 1. The molecule has 0 bridgehead atoms. The molecule has 3 aromatic carbocycles. The van der Waals surface area contributed by atoms with Crippen LogP contribution in [0, 0.1) is 11.3 Å². The largest absolute Gasteiger partial charge is 0.440 e. The number of nitrogens with two attached hydrogens (primary N) is 1. The minimum Gasteiger partial charge on any atom is -0.440 e. The topological polar surface area (TPSA) is 91.9 Å². The molecule has 0 unspecified atom stereocenters. The molecule has 0 fully saturated rings. The Bertz CT molecular complexity index is 1460. The Morgan fingerprint density at radius 3 is 2.73 bits per heavy atom. The molecule has 5 heteroatoms. The van der Waals surface area contributed by atoms with Crippen molar-refractivity contribution < 1.29 is 4.74 Å². The molecular weight excluding hydrogens is 374 g/mol. The molecule has 30 heavy (non-hydrogen) atoms. The third kappa shape index (κ3) is 2.66. The smallest absolute Gasteiger partial charge is 0.252 e. The molecule has 2 heterocycles. The highest BCUT2D eigenvalue weighted by atomic mass is 16.5. The van der Waals surface area contributed by atoms with Gasteiger partial charge >= 0.3 is 0 Å². The predicted molar refractivity (Wildman–Crippen MR) is 117 cm³/mol. The molecule has 1 atom stereocenters. The highest BCUT2D eigenvalue weighted by Crippen LogP contribution is 2.45. The van der Waals surface area contributed by atoms with Gasteiger partial charge in [0.1, 0.15) is 17.4 Å². The predicted octanol–water partition coefficient (Wildman–Crippen LogP) is 4.46. The fourth-order valence-electron chi connectivity index (χ4n) is 4.26. The van der Waals surface area contributed by atoms with Crippen molar-refractivity contribution in [3.8, 4) is 11.8 Å². The third-order valence-electron chi connectivity index (χ3n) is 5.77. The van der Waals surface area contributed by atoms with Crippen LogP contribution in [0.4, 0.5) is 0 Å². The Hall–Kier alpha value is -4.04. The Morgan fingerprint density at radius 2 is 1.93 bits per heavy atom. The summed E-state index contributed by atoms with van der Waals surface area (Å²) in [5.41, 5.74) is 9.33. The number of fused-ring (bicyclic) bond motifs is 4. The molecule has 1 aliphatic rings. The lowest BCUT2D eigenvalue weighted by Crippen LogP contribution is -2.25. The highest BCUT2D eigenvalue weighted by molar-refractivity contribution is 5.90. The van der Waals surface area contributed by atoms with Gasteiger partial charge in [0.05, 0.1) is 5.92 Å². The maximum absolute atomic E-state index is 13.1. The van der Waals surface area contributed by atoms with Crippen molar-refractivity contribution in [3.63, 3.8) is 0 Å². The van der Waals surface area contributed by atoms with E-state index in [0.717, 1.165) is 33.7 Å². The van der Waals surface area contributed by atoms with Crippen LogP contribution >= 0.6 is 0 Å². The second kappa shape index (κ2) is 6.78. The number of rotatable bonds is 2. The van der Waals surface area contributed by atoms with Crippen molar-refractivity contribution in [2.24, 2.45) is 5.73 Å². The molecule has 0 radical (unpaired) electrons. The van der Waals surface area contributed by atoms with Gasteiger partial charge < -0.3 is 15.5 Å². The average Bonchev–Trinajstić information content (AvgIpc) is 2.77. The Kier molecular flexibility index (Phi) is 4.07. The second-order valence-corrected chi connectivity index (χ2v) is 7.45. The van der Waals surface area contributed by atoms with Crippen LogP contribution in [0.2, 0.25) is 0 Å². The number of nitrogens with zero attached hydrogens (tertiary/aromatic N) is 1. The molecule has 0 spiro atoms. The van der Waals surface area contributed by atoms with E-state index in [1.165, 1.54) is 5.56 Å². The lowest BCUT2D eigenvalue weighted by atomic mass is 9.81. The molecule has 1 aromatic heterocycles. The minimum absolute atomic E-state index is 0.0343. The number of allylic oxidation sites excluding steroid dienone is 1. The van der Waals surface area contributed by atoms with E-state index in [1.807, 2.05) is 54.6 Å². The quantitative estimate of drug-likeness (QED) is 0.526. The zero-order valence-corrected chi connectivity index (χ0v) is 16.4. The van der Waals surface area contributed by atoms with E-state index in [4.69, 9.17) is 10.5 Å². The van der Waals surface area contributed by atoms with Crippen LogP contribution in [0.25, 0.3) is 21.7 Å². The maximum Gasteiger partial charge on any atom is 0.252 e. The number of aromatic nitrogens is 1. The molecule has 0 aliphatic carbocycles. The van der Waals surface area contributed by atoms with Gasteiger partial charge in [0, 0.05) is 16.6 Å². The molecule has 3 N–H and O–H groups in total. The Balaban J connectivity index is 1.86. The molecule has 0 amide bonds. The monoisotopic (exact) mass is 393 g/mol. The summed E-state index contributed by atoms with van der Waals surface area (Å²) < 4.78 is 5.78. The summed E-state index contributed by atoms with van der Waals surface area (Å²) in [6, 6.07) is 21.7. The number of aromatic amines is 1. The zero-order valence-electron chi connectivity index (χ0n) is 16.4. The van der Waals surface area contributed by atoms with Crippen LogP contribution < -0.4 is 16.0 Å². The summed E-state index contributed by atoms with van der Waals surface area (Å²) in [5.74, 6) is -0.00706. The first-order valence-corrected chi connectivity index (χ1v) is 9.85. The Morgan fingerprint density at radius 1 is 1.10 bits per heavy atom. The van der Waals surface area contributed by atoms with E-state index < -0.39 is 5.92 Å². The van der Waals surface area contributed by atoms with Crippen LogP contribution in [0.5, 0.6) is 5.75 Å². The molecule has 0 saturated heterocycles. The zero-order chi connectivity index (χ0) is 20.8. The molecule has 4 aromatic rings. The molecule has 5 nitrogen and oxygen atoms in total. The van der Waals surface area contributed by atoms with Gasteiger partial charge in [-0.2, -0.15) is 5.26 Å². The van der Waals surface area contributed by atoms with Crippen LogP contribution in [0.1, 0.15) is 29.5 Å². The van der Waals surface area contributed by atoms with Crippen molar-refractivity contribution >= 4 is 21.7 Å². The van der Waals surface area contributed by atoms with Crippen molar-refractivity contribution in [2.45, 2.75) is 19.3 Å². The summed E-state index contributed by atoms with van der Waals surface area (Å²) in [5, 5.41) is 12.8. The number of ether oxygens (including phenoxy) is 1. The first kappa shape index (κ1) is 18.0. The van der Waals surface area contributed by atoms with Gasteiger partial charge in [-0.15, -0.1) is 0 Å². The molecule has 1 aliphatic heterocycles. The number of hydrogen-bond acceptors (Lipinski definition) is 4. The first-order valence-electron chi connectivity index (χ1n) is 9.85. The highest BCUT2D eigenvalue weighted by Gasteiger charge is 2.34. The standard InChI is InChI=1S/C25H19N3O2/c1-2-14-7-9-20-16(11-14)12-18(25(29)28-20)22-19(13-26)24(27)30-21-10-8-15-5-3-4-6-17(15)23(21)22/h3-12,22H,2,27H2,1H3,(H,28,29)/t22-/m1/s1. The van der Waals surface area contributed by atoms with E-state index >= 15 is 0 Å². The first-order chi connectivity index (χ1) is 14.6. The lowest BCUT2D eigenvalue weighted by molar-refractivity contribution is 0.395. The fourth-order valence-corrected chi connectivity index (χ4v) is 4.26. The van der Waals surface area contributed by atoms with Crippen molar-refractivity contribution in [1.29, 1.82) is 5.26 Å². The fraction of sp³-hybridized carbons (Fsp3) is 0.120. The normalized spacial score (nSPS) is 15.7. The summed E-state index contributed by atoms with van der Waals surface area (Å²) >= 11 is 0. The van der Waals surface area contributed by atoms with E-state index in [2.05, 4.69) is 24.0 Å². The summed E-state index contributed by atoms with van der Waals surface area (Å²) in [4.78, 5) is 16.1. The van der Waals surface area contributed by atoms with Gasteiger partial charge in [-0.25, -0.2) is 0 Å². The number of nitriles is 1. The van der Waals surface area contributed by atoms with Gasteiger partial charge in [0.25, 0.3) is 5.56 Å². The minimum atomic E-state index is -0.608. The average molecular weight is 393 g/mol. The van der Waals surface area contributed by atoms with Crippen molar-refractivity contribution in [3.05, 3.63) is 99.2 Å². The van der Waals surface area contributed by atoms with Crippen molar-refractivity contribution in [1.82, 2.24) is 4.98 Å². The van der Waals surface area contributed by atoms with Gasteiger partial charge in [0.2, 0.25) is 5.88 Å². The number of hydrogen-bond donors (Lipinski definition) is 2. The van der Waals surface area contributed by atoms with Gasteiger partial charge in [0.15, 0.2) is 0 Å². The second-order valence-electron chi connectivity index (χ2n) is 7.45.